The van der Waals surface area contributed by atoms with Crippen LogP contribution in [0.4, 0.5) is 17.1 Å². The van der Waals surface area contributed by atoms with E-state index in [1.54, 1.807) is 0 Å². The van der Waals surface area contributed by atoms with Crippen molar-refractivity contribution in [3.8, 4) is 72.7 Å². The van der Waals surface area contributed by atoms with Gasteiger partial charge in [-0.25, -0.2) is 4.98 Å². The number of rotatable bonds is 6. The summed E-state index contributed by atoms with van der Waals surface area (Å²) in [6.07, 6.45) is 3.92. The fourth-order valence-corrected chi connectivity index (χ4v) is 9.99. The van der Waals surface area contributed by atoms with Crippen LogP contribution in [0.15, 0.2) is 207 Å². The minimum absolute atomic E-state index is 0. The van der Waals surface area contributed by atoms with E-state index in [1.807, 2.05) is 12.4 Å². The Morgan fingerprint density at radius 3 is 1.76 bits per heavy atom. The van der Waals surface area contributed by atoms with Crippen molar-refractivity contribution in [1.82, 2.24) is 14.5 Å². The first-order chi connectivity index (χ1) is 32.8. The van der Waals surface area contributed by atoms with Gasteiger partial charge >= 0.3 is 21.1 Å². The van der Waals surface area contributed by atoms with Crippen LogP contribution in [0.3, 0.4) is 0 Å². The van der Waals surface area contributed by atoms with E-state index in [0.29, 0.717) is 0 Å². The van der Waals surface area contributed by atoms with Crippen LogP contribution in [0, 0.1) is 19.1 Å². The van der Waals surface area contributed by atoms with Gasteiger partial charge in [-0.05, 0) is 132 Å². The van der Waals surface area contributed by atoms with Gasteiger partial charge in [-0.15, -0.1) is 47.3 Å². The third-order valence-electron chi connectivity index (χ3n) is 13.3. The zero-order valence-electron chi connectivity index (χ0n) is 38.2. The molecule has 0 N–H and O–H groups in total. The fourth-order valence-electron chi connectivity index (χ4n) is 9.99. The van der Waals surface area contributed by atoms with Crippen LogP contribution in [0.5, 0.6) is 0 Å². The van der Waals surface area contributed by atoms with Gasteiger partial charge in [-0.2, -0.15) is 6.07 Å². The molecule has 0 unspecified atom stereocenters. The second-order valence-corrected chi connectivity index (χ2v) is 18.5. The average molecular weight is 1050 g/mol. The van der Waals surface area contributed by atoms with Crippen LogP contribution in [-0.4, -0.2) is 14.5 Å². The minimum atomic E-state index is -0.0322. The van der Waals surface area contributed by atoms with Crippen LogP contribution in [0.25, 0.3) is 94.5 Å². The first-order valence-corrected chi connectivity index (χ1v) is 23.0. The largest absolute Gasteiger partial charge is 2.00 e. The van der Waals surface area contributed by atoms with Crippen molar-refractivity contribution in [2.45, 2.75) is 33.1 Å². The SMILES string of the molecule is Cc1cnc(-c2[c-]c(N(c3[c-]c4c(cc3)c3ccccc3n4-c3cc(C(C)(C)C)ccn3)c3ccccc3)ccc2)cc1-c1ccc2c(c1)-c1ccccc1-c1ccccc1-c1ccccc1-2.[Pt+2]. The smallest absolute Gasteiger partial charge is 0.352 e. The third-order valence-corrected chi connectivity index (χ3v) is 13.3. The van der Waals surface area contributed by atoms with Gasteiger partial charge in [0, 0.05) is 23.6 Å². The predicted octanol–water partition coefficient (Wildman–Crippen LogP) is 16.6. The second-order valence-electron chi connectivity index (χ2n) is 18.5. The second kappa shape index (κ2) is 17.2. The predicted molar refractivity (Wildman–Crippen MR) is 278 cm³/mol. The first kappa shape index (κ1) is 43.0. The fraction of sp³-hybridized carbons (Fsp3) is 0.0794. The molecular formula is C63H46N4Pt. The molecule has 0 radical (unpaired) electrons. The van der Waals surface area contributed by atoms with Crippen molar-refractivity contribution < 1.29 is 21.1 Å². The summed E-state index contributed by atoms with van der Waals surface area (Å²) in [6, 6.07) is 77.4. The molecule has 0 fully saturated rings. The van der Waals surface area contributed by atoms with E-state index >= 15 is 0 Å². The van der Waals surface area contributed by atoms with Crippen LogP contribution in [0.2, 0.25) is 0 Å². The molecule has 1 aliphatic carbocycles. The number of aryl methyl sites for hydroxylation is 1. The van der Waals surface area contributed by atoms with Crippen LogP contribution in [0.1, 0.15) is 31.9 Å². The number of nitrogens with zero attached hydrogens (tertiary/aromatic N) is 4. The number of pyridine rings is 2. The van der Waals surface area contributed by atoms with E-state index in [9.17, 15) is 0 Å². The molecule has 0 bridgehead atoms. The van der Waals surface area contributed by atoms with Crippen molar-refractivity contribution in [2.75, 3.05) is 4.90 Å². The van der Waals surface area contributed by atoms with Gasteiger partial charge in [0.15, 0.2) is 0 Å². The summed E-state index contributed by atoms with van der Waals surface area (Å²) in [5.41, 5.74) is 21.0. The zero-order chi connectivity index (χ0) is 45.2. The van der Waals surface area contributed by atoms with E-state index in [0.717, 1.165) is 72.6 Å². The van der Waals surface area contributed by atoms with Crippen molar-refractivity contribution in [2.24, 2.45) is 0 Å². The Balaban J connectivity index is 0.00000507. The van der Waals surface area contributed by atoms with E-state index in [1.165, 1.54) is 50.1 Å². The van der Waals surface area contributed by atoms with E-state index in [-0.39, 0.29) is 26.5 Å². The summed E-state index contributed by atoms with van der Waals surface area (Å²) in [5.74, 6) is 0.873. The van der Waals surface area contributed by atoms with Crippen LogP contribution in [-0.2, 0) is 26.5 Å². The molecule has 8 aromatic carbocycles. The molecule has 3 heterocycles. The number of hydrogen-bond donors (Lipinski definition) is 0. The van der Waals surface area contributed by atoms with Crippen LogP contribution >= 0.6 is 0 Å². The molecule has 0 saturated carbocycles. The number of anilines is 3. The first-order valence-electron chi connectivity index (χ1n) is 23.0. The maximum Gasteiger partial charge on any atom is 2.00 e. The molecular weight excluding hydrogens is 1010 g/mol. The van der Waals surface area contributed by atoms with Crippen LogP contribution < -0.4 is 4.90 Å². The van der Waals surface area contributed by atoms with Gasteiger partial charge in [0.05, 0.1) is 0 Å². The van der Waals surface area contributed by atoms with Gasteiger partial charge in [0.2, 0.25) is 0 Å². The monoisotopic (exact) mass is 1050 g/mol. The molecule has 0 saturated heterocycles. The minimum Gasteiger partial charge on any atom is -0.352 e. The Bertz CT molecular complexity index is 3700. The maximum absolute atomic E-state index is 5.05. The molecule has 328 valence electrons. The molecule has 1 aliphatic rings. The quantitative estimate of drug-likeness (QED) is 0.156. The van der Waals surface area contributed by atoms with Crippen molar-refractivity contribution >= 4 is 38.9 Å². The summed E-state index contributed by atoms with van der Waals surface area (Å²) in [4.78, 5) is 12.2. The number of benzene rings is 8. The Labute approximate surface area is 412 Å². The molecule has 0 aliphatic heterocycles. The number of hydrogen-bond acceptors (Lipinski definition) is 3. The number of fused-ring (bicyclic) bond motifs is 11. The summed E-state index contributed by atoms with van der Waals surface area (Å²) < 4.78 is 2.25. The van der Waals surface area contributed by atoms with E-state index in [2.05, 4.69) is 243 Å². The summed E-state index contributed by atoms with van der Waals surface area (Å²) in [5, 5.41) is 2.28. The van der Waals surface area contributed by atoms with Gasteiger partial charge in [0.25, 0.3) is 0 Å². The normalized spacial score (nSPS) is 11.7. The van der Waals surface area contributed by atoms with E-state index < -0.39 is 0 Å². The molecule has 12 rings (SSSR count). The molecule has 0 atom stereocenters. The van der Waals surface area contributed by atoms with Gasteiger partial charge < -0.3 is 14.5 Å². The maximum atomic E-state index is 5.05. The molecule has 4 nitrogen and oxygen atoms in total. The van der Waals surface area contributed by atoms with Crippen molar-refractivity contribution in [3.63, 3.8) is 0 Å². The van der Waals surface area contributed by atoms with Gasteiger partial charge in [-0.1, -0.05) is 159 Å². The Kier molecular flexibility index (Phi) is 10.9. The summed E-state index contributed by atoms with van der Waals surface area (Å²) >= 11 is 0. The molecule has 0 spiro atoms. The summed E-state index contributed by atoms with van der Waals surface area (Å²) in [6.45, 7) is 8.88. The zero-order valence-corrected chi connectivity index (χ0v) is 40.5. The number of para-hydroxylation sites is 2. The molecule has 5 heteroatoms. The topological polar surface area (TPSA) is 34.0 Å². The molecule has 68 heavy (non-hydrogen) atoms. The third kappa shape index (κ3) is 7.37. The Hall–Kier alpha value is -7.65. The van der Waals surface area contributed by atoms with E-state index in [4.69, 9.17) is 9.97 Å². The Morgan fingerprint density at radius 2 is 1.09 bits per heavy atom. The summed E-state index contributed by atoms with van der Waals surface area (Å²) in [7, 11) is 0. The molecule has 3 aromatic heterocycles. The van der Waals surface area contributed by atoms with Crippen molar-refractivity contribution in [1.29, 1.82) is 0 Å². The Morgan fingerprint density at radius 1 is 0.485 bits per heavy atom. The van der Waals surface area contributed by atoms with Crippen molar-refractivity contribution in [3.05, 3.63) is 230 Å². The standard InChI is InChI=1S/C63H46N4.Pt/c1-41-40-65-59(39-57(41)42-29-31-54-52-25-11-10-23-50(52)48-21-8-9-22-49(48)51-24-12-13-26-53(51)58(54)36-42)43-17-16-20-46(35-43)66(45-18-6-5-7-19-45)47-30-32-56-55-27-14-15-28-60(55)67(61(56)38-47)62-37-44(33-34-64-62)63(2,3)4;/h5-34,36-37,39-40H,1-4H3;/q-2;+2. The van der Waals surface area contributed by atoms with Gasteiger partial charge in [-0.3, -0.25) is 0 Å². The average Bonchev–Trinajstić information content (AvgIpc) is 3.70. The van der Waals surface area contributed by atoms with Gasteiger partial charge in [0.1, 0.15) is 5.82 Å². The molecule has 0 amide bonds. The molecule has 11 aromatic rings. The number of aromatic nitrogens is 3.